The maximum absolute atomic E-state index is 12.9. The van der Waals surface area contributed by atoms with Crippen molar-refractivity contribution in [1.82, 2.24) is 0 Å². The van der Waals surface area contributed by atoms with Crippen molar-refractivity contribution in [3.05, 3.63) is 109 Å². The number of hydrogen-bond donors (Lipinski definition) is 1. The van der Waals surface area contributed by atoms with Crippen LogP contribution in [0.4, 0.5) is 0 Å². The van der Waals surface area contributed by atoms with E-state index in [0.29, 0.717) is 17.4 Å². The number of quaternary nitrogens is 1. The molecule has 0 aliphatic heterocycles. The third-order valence-corrected chi connectivity index (χ3v) is 19.8. The van der Waals surface area contributed by atoms with Gasteiger partial charge in [-0.2, -0.15) is 0 Å². The lowest BCUT2D eigenvalue weighted by Gasteiger charge is -2.24. The van der Waals surface area contributed by atoms with Crippen LogP contribution in [0.15, 0.2) is 109 Å². The second-order valence-corrected chi connectivity index (χ2v) is 31.3. The van der Waals surface area contributed by atoms with Crippen molar-refractivity contribution in [2.24, 2.45) is 0 Å². The number of phosphoric ester groups is 1. The largest absolute Gasteiger partial charge is 0.472 e. The van der Waals surface area contributed by atoms with Crippen LogP contribution < -0.4 is 0 Å². The van der Waals surface area contributed by atoms with Gasteiger partial charge in [-0.3, -0.25) is 18.6 Å². The van der Waals surface area contributed by atoms with Gasteiger partial charge < -0.3 is 18.9 Å². The number of rotatable bonds is 79. The molecule has 0 heterocycles. The summed E-state index contributed by atoms with van der Waals surface area (Å²) < 4.78 is 34.8. The van der Waals surface area contributed by atoms with Crippen LogP contribution in [0.1, 0.15) is 399 Å². The minimum absolute atomic E-state index is 0.0277. The standard InChI is InChI=1S/C90H162NO8P/c1-6-8-10-12-14-16-18-20-22-24-26-28-30-32-34-36-38-40-42-44-45-47-48-50-52-54-56-58-60-62-64-66-68-70-72-74-76-78-80-82-89(92)96-86-88(87-98-100(94,95)97-85-84-91(3,4)5)99-90(93)83-81-79-77-75-73-71-69-67-65-63-61-59-57-55-53-51-49-46-43-41-39-37-35-33-31-29-27-25-23-21-19-17-15-13-11-9-7-2/h9,11,15,17,21,23,27,29,33,35,39,41,46,49,53,55,59,61,88H,6-8,10,12-14,16,18-20,22,24-26,28,30-32,34,36-38,40,42-45,47-48,50-52,54,56-58,60,62-87H2,1-5H3/p+1/b11-9-,17-15-,23-21-,29-27-,35-33-,41-39-,49-46-,55-53-,61-59-. The van der Waals surface area contributed by atoms with Gasteiger partial charge in [-0.25, -0.2) is 4.57 Å². The van der Waals surface area contributed by atoms with E-state index in [4.69, 9.17) is 18.5 Å². The van der Waals surface area contributed by atoms with E-state index in [1.54, 1.807) is 0 Å². The van der Waals surface area contributed by atoms with Crippen LogP contribution in [-0.2, 0) is 32.7 Å². The average Bonchev–Trinajstić information content (AvgIpc) is 1.02. The highest BCUT2D eigenvalue weighted by atomic mass is 31.2. The van der Waals surface area contributed by atoms with Gasteiger partial charge in [0.2, 0.25) is 0 Å². The number of esters is 2. The lowest BCUT2D eigenvalue weighted by molar-refractivity contribution is -0.870. The predicted octanol–water partition coefficient (Wildman–Crippen LogP) is 28.7. The molecule has 0 rings (SSSR count). The Hall–Kier alpha value is -3.33. The highest BCUT2D eigenvalue weighted by Gasteiger charge is 2.27. The number of nitrogens with zero attached hydrogens (tertiary/aromatic N) is 1. The van der Waals surface area contributed by atoms with Gasteiger partial charge in [0.1, 0.15) is 19.8 Å². The molecule has 9 nitrogen and oxygen atoms in total. The van der Waals surface area contributed by atoms with Gasteiger partial charge in [0.15, 0.2) is 6.10 Å². The molecule has 0 fully saturated rings. The van der Waals surface area contributed by atoms with Crippen LogP contribution in [0.3, 0.4) is 0 Å². The first-order valence-corrected chi connectivity index (χ1v) is 44.1. The van der Waals surface area contributed by atoms with E-state index in [0.717, 1.165) is 103 Å². The molecular formula is C90H163NO8P+. The molecule has 10 heteroatoms. The molecule has 0 aromatic carbocycles. The van der Waals surface area contributed by atoms with E-state index in [1.807, 2.05) is 21.1 Å². The summed E-state index contributed by atoms with van der Waals surface area (Å²) >= 11 is 0. The summed E-state index contributed by atoms with van der Waals surface area (Å²) in [6.45, 7) is 4.36. The summed E-state index contributed by atoms with van der Waals surface area (Å²) in [4.78, 5) is 36.0. The Labute approximate surface area is 620 Å². The molecule has 0 aromatic rings. The molecule has 0 saturated carbocycles. The van der Waals surface area contributed by atoms with Gasteiger partial charge in [0.25, 0.3) is 0 Å². The van der Waals surface area contributed by atoms with Crippen LogP contribution in [-0.4, -0.2) is 74.9 Å². The van der Waals surface area contributed by atoms with Gasteiger partial charge in [-0.05, 0) is 83.5 Å². The van der Waals surface area contributed by atoms with Crippen molar-refractivity contribution >= 4 is 19.8 Å². The van der Waals surface area contributed by atoms with Crippen molar-refractivity contribution in [3.63, 3.8) is 0 Å². The molecule has 0 amide bonds. The first-order chi connectivity index (χ1) is 49.0. The zero-order valence-electron chi connectivity index (χ0n) is 66.4. The number of unbranched alkanes of at least 4 members (excludes halogenated alkanes) is 47. The minimum Gasteiger partial charge on any atom is -0.462 e. The lowest BCUT2D eigenvalue weighted by Crippen LogP contribution is -2.37. The van der Waals surface area contributed by atoms with Gasteiger partial charge in [-0.15, -0.1) is 0 Å². The summed E-state index contributed by atoms with van der Waals surface area (Å²) in [5, 5.41) is 0. The highest BCUT2D eigenvalue weighted by Crippen LogP contribution is 2.43. The molecule has 0 radical (unpaired) electrons. The summed E-state index contributed by atoms with van der Waals surface area (Å²) in [6.07, 6.45) is 114. The Morgan fingerprint density at radius 3 is 0.850 bits per heavy atom. The molecule has 2 atom stereocenters. The quantitative estimate of drug-likeness (QED) is 0.0211. The molecule has 0 spiro atoms. The molecule has 0 saturated heterocycles. The van der Waals surface area contributed by atoms with Gasteiger partial charge in [0.05, 0.1) is 27.7 Å². The van der Waals surface area contributed by atoms with Crippen LogP contribution in [0.2, 0.25) is 0 Å². The van der Waals surface area contributed by atoms with Crippen LogP contribution in [0.5, 0.6) is 0 Å². The SMILES string of the molecule is CC/C=C\C/C=C\C/C=C\C/C=C\C/C=C\C/C=C\C/C=C\C/C=C\C/C=C\CCCCCCCCCCCC(=O)OC(COC(=O)CCCCCCCCCCCCCCCCCCCCCCCCCCCCCCCCCCCCCCCCC)COP(=O)(O)OCC[N+](C)(C)C. The number of carbonyl (C=O) groups is 2. The maximum atomic E-state index is 12.9. The molecule has 1 N–H and O–H groups in total. The van der Waals surface area contributed by atoms with Crippen molar-refractivity contribution in [3.8, 4) is 0 Å². The zero-order chi connectivity index (χ0) is 72.5. The highest BCUT2D eigenvalue weighted by molar-refractivity contribution is 7.47. The lowest BCUT2D eigenvalue weighted by atomic mass is 10.0. The topological polar surface area (TPSA) is 108 Å². The van der Waals surface area contributed by atoms with Crippen molar-refractivity contribution in [2.75, 3.05) is 47.5 Å². The predicted molar refractivity (Wildman–Crippen MR) is 436 cm³/mol. The number of hydrogen-bond acceptors (Lipinski definition) is 7. The van der Waals surface area contributed by atoms with Gasteiger partial charge in [-0.1, -0.05) is 412 Å². The fourth-order valence-corrected chi connectivity index (χ4v) is 13.1. The molecule has 0 bridgehead atoms. The number of allylic oxidation sites excluding steroid dienone is 18. The van der Waals surface area contributed by atoms with E-state index >= 15 is 0 Å². The summed E-state index contributed by atoms with van der Waals surface area (Å²) in [6, 6.07) is 0. The molecule has 0 aliphatic rings. The Morgan fingerprint density at radius 2 is 0.570 bits per heavy atom. The van der Waals surface area contributed by atoms with Crippen LogP contribution in [0, 0.1) is 0 Å². The van der Waals surface area contributed by atoms with Crippen molar-refractivity contribution in [1.29, 1.82) is 0 Å². The first-order valence-electron chi connectivity index (χ1n) is 42.6. The second-order valence-electron chi connectivity index (χ2n) is 29.8. The maximum Gasteiger partial charge on any atom is 0.472 e. The van der Waals surface area contributed by atoms with Gasteiger partial charge in [0, 0.05) is 12.8 Å². The summed E-state index contributed by atoms with van der Waals surface area (Å²) in [7, 11) is 1.48. The first kappa shape index (κ1) is 96.7. The minimum atomic E-state index is -4.40. The fraction of sp³-hybridized carbons (Fsp3) is 0.778. The smallest absolute Gasteiger partial charge is 0.462 e. The Balaban J connectivity index is 3.95. The van der Waals surface area contributed by atoms with E-state index in [1.165, 1.54) is 263 Å². The molecular weight excluding hydrogens is 1250 g/mol. The van der Waals surface area contributed by atoms with E-state index in [9.17, 15) is 19.0 Å². The summed E-state index contributed by atoms with van der Waals surface area (Å²) in [5.74, 6) is -0.793. The molecule has 100 heavy (non-hydrogen) atoms. The normalized spacial score (nSPS) is 13.5. The van der Waals surface area contributed by atoms with Crippen molar-refractivity contribution < 1.29 is 42.1 Å². The molecule has 0 aliphatic carbocycles. The van der Waals surface area contributed by atoms with Crippen molar-refractivity contribution in [2.45, 2.75) is 405 Å². The van der Waals surface area contributed by atoms with E-state index in [-0.39, 0.29) is 32.0 Å². The van der Waals surface area contributed by atoms with Crippen LogP contribution >= 0.6 is 7.82 Å². The molecule has 0 aromatic heterocycles. The summed E-state index contributed by atoms with van der Waals surface area (Å²) in [5.41, 5.74) is 0. The number of ether oxygens (including phenoxy) is 2. The number of phosphoric acid groups is 1. The fourth-order valence-electron chi connectivity index (χ4n) is 12.4. The number of carbonyl (C=O) groups excluding carboxylic acids is 2. The number of likely N-dealkylation sites (N-methyl/N-ethyl adjacent to an activating group) is 1. The zero-order valence-corrected chi connectivity index (χ0v) is 67.3. The average molecular weight is 1420 g/mol. The van der Waals surface area contributed by atoms with Crippen LogP contribution in [0.25, 0.3) is 0 Å². The van der Waals surface area contributed by atoms with E-state index < -0.39 is 26.5 Å². The van der Waals surface area contributed by atoms with Gasteiger partial charge >= 0.3 is 19.8 Å². The third-order valence-electron chi connectivity index (χ3n) is 18.8. The Morgan fingerprint density at radius 1 is 0.320 bits per heavy atom. The third kappa shape index (κ3) is 83.6. The molecule has 580 valence electrons. The molecule has 2 unspecified atom stereocenters. The monoisotopic (exact) mass is 1420 g/mol. The Bertz CT molecular complexity index is 2060. The Kier molecular flexibility index (Phi) is 77.1. The second kappa shape index (κ2) is 79.8. The van der Waals surface area contributed by atoms with E-state index in [2.05, 4.69) is 123 Å².